The van der Waals surface area contributed by atoms with Gasteiger partial charge >= 0.3 is 5.97 Å². The van der Waals surface area contributed by atoms with E-state index in [1.807, 2.05) is 6.07 Å². The van der Waals surface area contributed by atoms with Crippen LogP contribution in [0.15, 0.2) is 21.4 Å². The van der Waals surface area contributed by atoms with E-state index in [0.717, 1.165) is 24.4 Å². The maximum atomic E-state index is 11.3. The molecule has 0 fully saturated rings. The van der Waals surface area contributed by atoms with Crippen molar-refractivity contribution in [3.05, 3.63) is 39.7 Å². The van der Waals surface area contributed by atoms with Crippen molar-refractivity contribution < 1.29 is 14.3 Å². The summed E-state index contributed by atoms with van der Waals surface area (Å²) >= 11 is 1.39. The Labute approximate surface area is 120 Å². The first-order valence-electron chi connectivity index (χ1n) is 6.69. The van der Waals surface area contributed by atoms with Crippen molar-refractivity contribution in [1.29, 1.82) is 0 Å². The quantitative estimate of drug-likeness (QED) is 0.885. The van der Waals surface area contributed by atoms with Gasteiger partial charge in [-0.3, -0.25) is 10.1 Å². The van der Waals surface area contributed by atoms with Gasteiger partial charge in [-0.2, -0.15) is 0 Å². The molecule has 0 saturated heterocycles. The Balaban J connectivity index is 1.68. The van der Waals surface area contributed by atoms with Gasteiger partial charge in [-0.05, 0) is 30.9 Å². The third-order valence-electron chi connectivity index (χ3n) is 3.52. The van der Waals surface area contributed by atoms with Crippen molar-refractivity contribution in [2.45, 2.75) is 38.3 Å². The van der Waals surface area contributed by atoms with Crippen LogP contribution in [0.2, 0.25) is 0 Å². The lowest BCUT2D eigenvalue weighted by Gasteiger charge is -2.10. The molecule has 3 rings (SSSR count). The number of fused-ring (bicyclic) bond motifs is 1. The van der Waals surface area contributed by atoms with E-state index in [9.17, 15) is 9.90 Å². The summed E-state index contributed by atoms with van der Waals surface area (Å²) in [5.74, 6) is 0.944. The highest BCUT2D eigenvalue weighted by Crippen LogP contribution is 2.25. The zero-order chi connectivity index (χ0) is 13.9. The van der Waals surface area contributed by atoms with Gasteiger partial charge in [0.25, 0.3) is 0 Å². The first-order valence-corrected chi connectivity index (χ1v) is 7.63. The molecule has 2 aromatic rings. The molecule has 0 aliphatic heterocycles. The maximum absolute atomic E-state index is 11.3. The Kier molecular flexibility index (Phi) is 3.84. The molecule has 2 N–H and O–H groups in total. The number of hydrogen-bond acceptors (Lipinski definition) is 5. The van der Waals surface area contributed by atoms with Crippen LogP contribution in [0.4, 0.5) is 0 Å². The van der Waals surface area contributed by atoms with Gasteiger partial charge in [0, 0.05) is 11.8 Å². The number of hydrogen-bond donors (Lipinski definition) is 2. The fraction of sp³-hybridized carbons (Fsp3) is 0.429. The zero-order valence-electron chi connectivity index (χ0n) is 11.0. The lowest BCUT2D eigenvalue weighted by molar-refractivity contribution is -0.139. The van der Waals surface area contributed by atoms with Crippen molar-refractivity contribution in [1.82, 2.24) is 10.3 Å². The highest BCUT2D eigenvalue weighted by Gasteiger charge is 2.22. The minimum Gasteiger partial charge on any atom is -0.480 e. The molecule has 0 saturated carbocycles. The summed E-state index contributed by atoms with van der Waals surface area (Å²) in [5.41, 5.74) is 3.45. The average Bonchev–Trinajstić information content (AvgIpc) is 3.06. The summed E-state index contributed by atoms with van der Waals surface area (Å²) in [6.07, 6.45) is 4.43. The fourth-order valence-electron chi connectivity index (χ4n) is 2.52. The SMILES string of the molecule is O=C(O)C(NCc1cc2c(o1)CCCC2)c1cscn1. The highest BCUT2D eigenvalue weighted by atomic mass is 32.1. The minimum absolute atomic E-state index is 0.404. The van der Waals surface area contributed by atoms with E-state index in [1.165, 1.54) is 29.7 Å². The van der Waals surface area contributed by atoms with Crippen LogP contribution in [0.5, 0.6) is 0 Å². The molecule has 0 amide bonds. The van der Waals surface area contributed by atoms with Crippen LogP contribution in [0.1, 0.15) is 41.7 Å². The number of carboxylic acid groups (broad SMARTS) is 1. The Hall–Kier alpha value is -1.66. The van der Waals surface area contributed by atoms with Crippen LogP contribution in [-0.4, -0.2) is 16.1 Å². The summed E-state index contributed by atoms with van der Waals surface area (Å²) in [6, 6.07) is 1.25. The first-order chi connectivity index (χ1) is 9.74. The van der Waals surface area contributed by atoms with Gasteiger partial charge in [-0.25, -0.2) is 4.98 Å². The fourth-order valence-corrected chi connectivity index (χ4v) is 3.10. The van der Waals surface area contributed by atoms with Crippen molar-refractivity contribution in [3.63, 3.8) is 0 Å². The molecule has 2 aromatic heterocycles. The van der Waals surface area contributed by atoms with Gasteiger partial charge in [-0.1, -0.05) is 0 Å². The van der Waals surface area contributed by atoms with Gasteiger partial charge in [0.2, 0.25) is 0 Å². The van der Waals surface area contributed by atoms with Crippen LogP contribution in [0.3, 0.4) is 0 Å². The normalized spacial score (nSPS) is 15.8. The van der Waals surface area contributed by atoms with Crippen molar-refractivity contribution in [3.8, 4) is 0 Å². The number of aryl methyl sites for hydroxylation is 2. The van der Waals surface area contributed by atoms with Crippen molar-refractivity contribution in [2.75, 3.05) is 0 Å². The second-order valence-electron chi connectivity index (χ2n) is 4.93. The topological polar surface area (TPSA) is 75.4 Å². The molecule has 1 atom stereocenters. The number of aromatic nitrogens is 1. The summed E-state index contributed by atoms with van der Waals surface area (Å²) in [6.45, 7) is 0.404. The summed E-state index contributed by atoms with van der Waals surface area (Å²) in [5, 5.41) is 14.0. The van der Waals surface area contributed by atoms with Crippen LogP contribution in [0.25, 0.3) is 0 Å². The standard InChI is InChI=1S/C14H16N2O3S/c17-14(18)13(11-7-20-8-16-11)15-6-10-5-9-3-1-2-4-12(9)19-10/h5,7-8,13,15H,1-4,6H2,(H,17,18). The van der Waals surface area contributed by atoms with E-state index in [0.29, 0.717) is 12.2 Å². The number of furan rings is 1. The molecule has 0 radical (unpaired) electrons. The Morgan fingerprint density at radius 2 is 2.35 bits per heavy atom. The van der Waals surface area contributed by atoms with Crippen LogP contribution < -0.4 is 5.32 Å². The van der Waals surface area contributed by atoms with Crippen LogP contribution in [0, 0.1) is 0 Å². The number of rotatable bonds is 5. The summed E-state index contributed by atoms with van der Waals surface area (Å²) < 4.78 is 5.78. The minimum atomic E-state index is -0.924. The molecule has 2 heterocycles. The van der Waals surface area contributed by atoms with E-state index < -0.39 is 12.0 Å². The van der Waals surface area contributed by atoms with Gasteiger partial charge in [0.1, 0.15) is 17.6 Å². The van der Waals surface area contributed by atoms with E-state index in [2.05, 4.69) is 10.3 Å². The number of thiazole rings is 1. The molecule has 1 unspecified atom stereocenters. The lowest BCUT2D eigenvalue weighted by Crippen LogP contribution is -2.28. The second-order valence-corrected chi connectivity index (χ2v) is 5.65. The zero-order valence-corrected chi connectivity index (χ0v) is 11.8. The first kappa shape index (κ1) is 13.3. The third-order valence-corrected chi connectivity index (χ3v) is 4.13. The number of carbonyl (C=O) groups is 1. The summed E-state index contributed by atoms with van der Waals surface area (Å²) in [4.78, 5) is 15.3. The molecule has 1 aliphatic carbocycles. The molecule has 20 heavy (non-hydrogen) atoms. The van der Waals surface area contributed by atoms with E-state index in [4.69, 9.17) is 4.42 Å². The average molecular weight is 292 g/mol. The van der Waals surface area contributed by atoms with Gasteiger partial charge in [-0.15, -0.1) is 11.3 Å². The Bertz CT molecular complexity index is 568. The lowest BCUT2D eigenvalue weighted by atomic mass is 9.99. The molecule has 106 valence electrons. The smallest absolute Gasteiger partial charge is 0.327 e. The molecule has 0 bridgehead atoms. The van der Waals surface area contributed by atoms with Crippen LogP contribution in [-0.2, 0) is 24.2 Å². The van der Waals surface area contributed by atoms with E-state index >= 15 is 0 Å². The van der Waals surface area contributed by atoms with Crippen molar-refractivity contribution in [2.24, 2.45) is 0 Å². The number of nitrogens with zero attached hydrogens (tertiary/aromatic N) is 1. The highest BCUT2D eigenvalue weighted by molar-refractivity contribution is 7.07. The van der Waals surface area contributed by atoms with Crippen molar-refractivity contribution >= 4 is 17.3 Å². The van der Waals surface area contributed by atoms with Gasteiger partial charge < -0.3 is 9.52 Å². The largest absolute Gasteiger partial charge is 0.480 e. The predicted molar refractivity (Wildman–Crippen MR) is 74.7 cm³/mol. The number of nitrogens with one attached hydrogen (secondary N) is 1. The maximum Gasteiger partial charge on any atom is 0.327 e. The van der Waals surface area contributed by atoms with Gasteiger partial charge in [0.15, 0.2) is 0 Å². The summed E-state index contributed by atoms with van der Waals surface area (Å²) in [7, 11) is 0. The Morgan fingerprint density at radius 1 is 1.50 bits per heavy atom. The molecular formula is C14H16N2O3S. The van der Waals surface area contributed by atoms with Crippen LogP contribution >= 0.6 is 11.3 Å². The monoisotopic (exact) mass is 292 g/mol. The molecule has 0 spiro atoms. The Morgan fingerprint density at radius 3 is 3.05 bits per heavy atom. The molecular weight excluding hydrogens is 276 g/mol. The molecule has 0 aromatic carbocycles. The number of carboxylic acids is 1. The van der Waals surface area contributed by atoms with Gasteiger partial charge in [0.05, 0.1) is 17.7 Å². The van der Waals surface area contributed by atoms with E-state index in [-0.39, 0.29) is 0 Å². The predicted octanol–water partition coefficient (Wildman–Crippen LogP) is 2.53. The molecule has 6 heteroatoms. The second kappa shape index (κ2) is 5.76. The third kappa shape index (κ3) is 2.76. The van der Waals surface area contributed by atoms with E-state index in [1.54, 1.807) is 10.9 Å². The number of aliphatic carboxylic acids is 1. The molecule has 1 aliphatic rings. The molecule has 5 nitrogen and oxygen atoms in total.